The number of methoxy groups -OCH3 is 1. The van der Waals surface area contributed by atoms with Crippen LogP contribution in [0.4, 0.5) is 8.78 Å². The van der Waals surface area contributed by atoms with E-state index in [1.54, 1.807) is 30.2 Å². The van der Waals surface area contributed by atoms with Crippen LogP contribution in [0.15, 0.2) is 18.2 Å². The average Bonchev–Trinajstić information content (AvgIpc) is 2.48. The lowest BCUT2D eigenvalue weighted by molar-refractivity contribution is -0.118. The summed E-state index contributed by atoms with van der Waals surface area (Å²) in [6.07, 6.45) is 0. The first-order valence-electron chi connectivity index (χ1n) is 7.07. The van der Waals surface area contributed by atoms with E-state index in [0.29, 0.717) is 37.5 Å². The van der Waals surface area contributed by atoms with Crippen molar-refractivity contribution in [1.82, 2.24) is 10.2 Å². The molecule has 1 aliphatic rings. The molecule has 0 aliphatic carbocycles. The molecule has 6 heteroatoms. The highest BCUT2D eigenvalue weighted by Gasteiger charge is 2.44. The summed E-state index contributed by atoms with van der Waals surface area (Å²) in [5.74, 6) is -2.51. The van der Waals surface area contributed by atoms with Crippen LogP contribution in [0, 0.1) is 6.92 Å². The largest absolute Gasteiger partial charge is 0.496 e. The van der Waals surface area contributed by atoms with Gasteiger partial charge in [-0.25, -0.2) is 8.78 Å². The van der Waals surface area contributed by atoms with Gasteiger partial charge in [-0.05, 0) is 24.1 Å². The molecule has 2 rings (SSSR count). The van der Waals surface area contributed by atoms with Crippen LogP contribution < -0.4 is 10.1 Å². The van der Waals surface area contributed by atoms with E-state index in [2.05, 4.69) is 5.32 Å². The van der Waals surface area contributed by atoms with Crippen molar-refractivity contribution in [2.45, 2.75) is 18.9 Å². The van der Waals surface area contributed by atoms with E-state index in [-0.39, 0.29) is 0 Å². The van der Waals surface area contributed by atoms with Crippen LogP contribution in [0.2, 0.25) is 0 Å². The van der Waals surface area contributed by atoms with Crippen molar-refractivity contribution in [3.8, 4) is 5.75 Å². The molecule has 0 aromatic heterocycles. The number of piperazine rings is 1. The Labute approximate surface area is 123 Å². The third kappa shape index (κ3) is 3.51. The Kier molecular flexibility index (Phi) is 5.13. The topological polar surface area (TPSA) is 44.7 Å². The van der Waals surface area contributed by atoms with Gasteiger partial charge in [0.1, 0.15) is 18.4 Å². The molecule has 1 aromatic carbocycles. The maximum atomic E-state index is 14.3. The molecule has 1 fully saturated rings. The fraction of sp³-hybridized carbons (Fsp3) is 0.600. The van der Waals surface area contributed by atoms with Gasteiger partial charge in [-0.3, -0.25) is 4.90 Å². The Morgan fingerprint density at radius 1 is 1.38 bits per heavy atom. The van der Waals surface area contributed by atoms with Gasteiger partial charge in [0, 0.05) is 26.2 Å². The second-order valence-corrected chi connectivity index (χ2v) is 5.34. The quantitative estimate of drug-likeness (QED) is 0.866. The minimum atomic E-state index is -3.18. The molecular formula is C15H22F2N2O2. The monoisotopic (exact) mass is 300 g/mol. The maximum Gasteiger partial charge on any atom is 0.289 e. The number of aryl methyl sites for hydroxylation is 1. The van der Waals surface area contributed by atoms with E-state index in [4.69, 9.17) is 9.84 Å². The van der Waals surface area contributed by atoms with Gasteiger partial charge in [0.2, 0.25) is 0 Å². The number of aliphatic hydroxyl groups is 1. The zero-order chi connectivity index (χ0) is 15.5. The molecule has 0 bridgehead atoms. The van der Waals surface area contributed by atoms with Crippen LogP contribution in [-0.2, 0) is 0 Å². The summed E-state index contributed by atoms with van der Waals surface area (Å²) in [4.78, 5) is 1.73. The molecular weight excluding hydrogens is 278 g/mol. The zero-order valence-electron chi connectivity index (χ0n) is 12.4. The van der Waals surface area contributed by atoms with Crippen LogP contribution in [0.5, 0.6) is 5.75 Å². The standard InChI is InChI=1S/C15H22F2N2O2/c1-11-9-12(3-4-13(11)21-2)14(15(16,17)10-20)19-7-5-18-6-8-19/h3-4,9,14,18,20H,5-8,10H2,1-2H3/t14-/m0/s1. The third-order valence-corrected chi connectivity index (χ3v) is 3.86. The molecule has 0 amide bonds. The molecule has 0 unspecified atom stereocenters. The highest BCUT2D eigenvalue weighted by molar-refractivity contribution is 5.38. The van der Waals surface area contributed by atoms with Crippen molar-refractivity contribution in [2.24, 2.45) is 0 Å². The van der Waals surface area contributed by atoms with Crippen LogP contribution >= 0.6 is 0 Å². The number of hydrogen-bond acceptors (Lipinski definition) is 4. The number of halogens is 2. The summed E-state index contributed by atoms with van der Waals surface area (Å²) in [6.45, 7) is 3.08. The van der Waals surface area contributed by atoms with Crippen molar-refractivity contribution in [3.05, 3.63) is 29.3 Å². The number of alkyl halides is 2. The molecule has 0 radical (unpaired) electrons. The molecule has 1 aliphatic heterocycles. The maximum absolute atomic E-state index is 14.3. The summed E-state index contributed by atoms with van der Waals surface area (Å²) in [6, 6.07) is 3.96. The van der Waals surface area contributed by atoms with Gasteiger partial charge >= 0.3 is 0 Å². The van der Waals surface area contributed by atoms with Crippen molar-refractivity contribution in [2.75, 3.05) is 39.9 Å². The lowest BCUT2D eigenvalue weighted by atomic mass is 9.96. The van der Waals surface area contributed by atoms with Gasteiger partial charge in [0.15, 0.2) is 0 Å². The summed E-state index contributed by atoms with van der Waals surface area (Å²) >= 11 is 0. The van der Waals surface area contributed by atoms with Crippen molar-refractivity contribution < 1.29 is 18.6 Å². The van der Waals surface area contributed by atoms with E-state index >= 15 is 0 Å². The van der Waals surface area contributed by atoms with Gasteiger partial charge in [0.25, 0.3) is 5.92 Å². The number of nitrogens with zero attached hydrogens (tertiary/aromatic N) is 1. The highest BCUT2D eigenvalue weighted by Crippen LogP contribution is 2.37. The Bertz CT molecular complexity index is 477. The Morgan fingerprint density at radius 2 is 2.05 bits per heavy atom. The fourth-order valence-electron chi connectivity index (χ4n) is 2.82. The number of rotatable bonds is 5. The van der Waals surface area contributed by atoms with Gasteiger partial charge in [-0.1, -0.05) is 12.1 Å². The molecule has 2 N–H and O–H groups in total. The Morgan fingerprint density at radius 3 is 2.57 bits per heavy atom. The fourth-order valence-corrected chi connectivity index (χ4v) is 2.82. The Hall–Kier alpha value is -1.24. The van der Waals surface area contributed by atoms with Crippen molar-refractivity contribution >= 4 is 0 Å². The van der Waals surface area contributed by atoms with Crippen molar-refractivity contribution in [1.29, 1.82) is 0 Å². The summed E-state index contributed by atoms with van der Waals surface area (Å²) in [5, 5.41) is 12.3. The molecule has 118 valence electrons. The number of benzene rings is 1. The molecule has 0 spiro atoms. The number of nitrogens with one attached hydrogen (secondary N) is 1. The minimum absolute atomic E-state index is 0.509. The number of ether oxygens (including phenoxy) is 1. The third-order valence-electron chi connectivity index (χ3n) is 3.86. The lowest BCUT2D eigenvalue weighted by Gasteiger charge is -2.39. The van der Waals surface area contributed by atoms with Crippen LogP contribution in [-0.4, -0.2) is 55.8 Å². The second-order valence-electron chi connectivity index (χ2n) is 5.34. The molecule has 1 aromatic rings. The first kappa shape index (κ1) is 16.1. The van der Waals surface area contributed by atoms with E-state index in [1.807, 2.05) is 6.92 Å². The number of hydrogen-bond donors (Lipinski definition) is 2. The van der Waals surface area contributed by atoms with Gasteiger partial charge in [0.05, 0.1) is 7.11 Å². The molecule has 21 heavy (non-hydrogen) atoms. The summed E-state index contributed by atoms with van der Waals surface area (Å²) in [5.41, 5.74) is 1.32. The normalized spacial score (nSPS) is 18.5. The minimum Gasteiger partial charge on any atom is -0.496 e. The first-order valence-corrected chi connectivity index (χ1v) is 7.07. The van der Waals surface area contributed by atoms with Gasteiger partial charge in [-0.2, -0.15) is 0 Å². The van der Waals surface area contributed by atoms with Crippen LogP contribution in [0.25, 0.3) is 0 Å². The molecule has 1 saturated heterocycles. The molecule has 0 saturated carbocycles. The van der Waals surface area contributed by atoms with Crippen LogP contribution in [0.3, 0.4) is 0 Å². The van der Waals surface area contributed by atoms with Gasteiger partial charge < -0.3 is 15.2 Å². The predicted octanol–water partition coefficient (Wildman–Crippen LogP) is 1.58. The SMILES string of the molecule is COc1ccc([C@H](N2CCNCC2)C(F)(F)CO)cc1C. The van der Waals surface area contributed by atoms with Crippen LogP contribution in [0.1, 0.15) is 17.2 Å². The second kappa shape index (κ2) is 6.68. The zero-order valence-corrected chi connectivity index (χ0v) is 12.4. The molecule has 1 heterocycles. The van der Waals surface area contributed by atoms with E-state index in [1.165, 1.54) is 0 Å². The molecule has 1 atom stereocenters. The van der Waals surface area contributed by atoms with E-state index < -0.39 is 18.6 Å². The summed E-state index contributed by atoms with van der Waals surface area (Å²) in [7, 11) is 1.55. The smallest absolute Gasteiger partial charge is 0.289 e. The summed E-state index contributed by atoms with van der Waals surface area (Å²) < 4.78 is 33.7. The van der Waals surface area contributed by atoms with E-state index in [0.717, 1.165) is 5.56 Å². The predicted molar refractivity (Wildman–Crippen MR) is 76.9 cm³/mol. The first-order chi connectivity index (χ1) is 9.99. The van der Waals surface area contributed by atoms with Crippen molar-refractivity contribution in [3.63, 3.8) is 0 Å². The molecule has 4 nitrogen and oxygen atoms in total. The van der Waals surface area contributed by atoms with E-state index in [9.17, 15) is 8.78 Å². The van der Waals surface area contributed by atoms with Gasteiger partial charge in [-0.15, -0.1) is 0 Å². The lowest BCUT2D eigenvalue weighted by Crippen LogP contribution is -2.51. The Balaban J connectivity index is 2.36. The average molecular weight is 300 g/mol. The highest BCUT2D eigenvalue weighted by atomic mass is 19.3. The number of aliphatic hydroxyl groups excluding tert-OH is 1.